The van der Waals surface area contributed by atoms with E-state index < -0.39 is 78.5 Å². The first-order chi connectivity index (χ1) is 15.9. The lowest BCUT2D eigenvalue weighted by Gasteiger charge is -2.41. The van der Waals surface area contributed by atoms with Crippen LogP contribution in [0.1, 0.15) is 34.6 Å². The van der Waals surface area contributed by atoms with Crippen molar-refractivity contribution in [3.8, 4) is 0 Å². The summed E-state index contributed by atoms with van der Waals surface area (Å²) in [5.74, 6) is -4.67. The molecule has 0 aromatic carbocycles. The van der Waals surface area contributed by atoms with Gasteiger partial charge in [0, 0.05) is 31.6 Å². The third-order valence-electron chi connectivity index (χ3n) is 4.47. The predicted molar refractivity (Wildman–Crippen MR) is 112 cm³/mol. The van der Waals surface area contributed by atoms with Gasteiger partial charge in [-0.05, 0) is 11.6 Å². The van der Waals surface area contributed by atoms with Crippen LogP contribution >= 0.6 is 0 Å². The van der Waals surface area contributed by atoms with Crippen molar-refractivity contribution in [3.05, 3.63) is 22.3 Å². The lowest BCUT2D eigenvalue weighted by molar-refractivity contribution is -0.188. The molecule has 0 aliphatic carbocycles. The summed E-state index contributed by atoms with van der Waals surface area (Å²) in [6.45, 7) is 5.94. The molecule has 0 radical (unpaired) electrons. The number of ether oxygens (including phenoxy) is 5. The fourth-order valence-electron chi connectivity index (χ4n) is 3.02. The summed E-state index contributed by atoms with van der Waals surface area (Å²) in [6, 6.07) is -2.37. The third kappa shape index (κ3) is 8.28. The number of azide groups is 1. The highest BCUT2D eigenvalue weighted by molar-refractivity contribution is 5.86. The standard InChI is InChI=1S/C20H28N4O10/c1-9(2)19(28)22-16-13(23-24-21)7-14(20(29)30-6)34-18(16)17(33-12(5)27)15(32-11(4)26)8-31-10(3)25/h7,9,13,15-18H,8H2,1-6H3,(H,22,28)/t13-,15?,16+,17+,18+/m0/s1. The van der Waals surface area contributed by atoms with E-state index in [1.165, 1.54) is 0 Å². The van der Waals surface area contributed by atoms with Crippen molar-refractivity contribution in [2.45, 2.75) is 65.0 Å². The second kappa shape index (κ2) is 13.0. The van der Waals surface area contributed by atoms with Crippen LogP contribution in [-0.2, 0) is 47.7 Å². The maximum atomic E-state index is 12.5. The van der Waals surface area contributed by atoms with Crippen LogP contribution in [0.3, 0.4) is 0 Å². The highest BCUT2D eigenvalue weighted by Crippen LogP contribution is 2.28. The Bertz CT molecular complexity index is 881. The van der Waals surface area contributed by atoms with Gasteiger partial charge in [-0.15, -0.1) is 0 Å². The molecule has 0 spiro atoms. The monoisotopic (exact) mass is 484 g/mol. The highest BCUT2D eigenvalue weighted by atomic mass is 16.6. The van der Waals surface area contributed by atoms with Gasteiger partial charge in [0.2, 0.25) is 11.7 Å². The second-order valence-corrected chi connectivity index (χ2v) is 7.51. The van der Waals surface area contributed by atoms with Crippen LogP contribution in [0, 0.1) is 5.92 Å². The fourth-order valence-corrected chi connectivity index (χ4v) is 3.02. The van der Waals surface area contributed by atoms with E-state index in [-0.39, 0.29) is 0 Å². The van der Waals surface area contributed by atoms with Gasteiger partial charge in [-0.2, -0.15) is 0 Å². The van der Waals surface area contributed by atoms with E-state index in [0.717, 1.165) is 34.0 Å². The molecule has 14 nitrogen and oxygen atoms in total. The van der Waals surface area contributed by atoms with Gasteiger partial charge < -0.3 is 29.0 Å². The largest absolute Gasteiger partial charge is 0.477 e. The van der Waals surface area contributed by atoms with Crippen LogP contribution in [0.2, 0.25) is 0 Å². The van der Waals surface area contributed by atoms with Crippen molar-refractivity contribution in [3.63, 3.8) is 0 Å². The van der Waals surface area contributed by atoms with Crippen molar-refractivity contribution < 1.29 is 47.7 Å². The molecule has 1 amide bonds. The summed E-state index contributed by atoms with van der Waals surface area (Å²) in [6.07, 6.45) is -3.20. The minimum atomic E-state index is -1.51. The number of rotatable bonds is 10. The topological polar surface area (TPSA) is 192 Å². The Hall–Kier alpha value is -3.80. The van der Waals surface area contributed by atoms with Crippen LogP contribution < -0.4 is 5.32 Å². The van der Waals surface area contributed by atoms with E-state index in [0.29, 0.717) is 0 Å². The van der Waals surface area contributed by atoms with E-state index in [1.54, 1.807) is 13.8 Å². The fraction of sp³-hybridized carbons (Fsp3) is 0.650. The molecular weight excluding hydrogens is 456 g/mol. The zero-order chi connectivity index (χ0) is 26.0. The lowest BCUT2D eigenvalue weighted by Crippen LogP contribution is -2.61. The lowest BCUT2D eigenvalue weighted by atomic mass is 9.91. The Labute approximate surface area is 195 Å². The molecule has 5 atom stereocenters. The Morgan fingerprint density at radius 1 is 1.12 bits per heavy atom. The van der Waals surface area contributed by atoms with Gasteiger partial charge in [0.1, 0.15) is 6.61 Å². The molecule has 0 aromatic rings. The molecule has 1 rings (SSSR count). The average Bonchev–Trinajstić information content (AvgIpc) is 2.75. The molecule has 0 bridgehead atoms. The molecule has 1 aliphatic heterocycles. The molecule has 14 heteroatoms. The smallest absolute Gasteiger partial charge is 0.372 e. The summed E-state index contributed by atoms with van der Waals surface area (Å²) in [5.41, 5.74) is 9.05. The third-order valence-corrected chi connectivity index (χ3v) is 4.47. The molecular formula is C20H28N4O10. The van der Waals surface area contributed by atoms with Crippen molar-refractivity contribution >= 4 is 29.8 Å². The SMILES string of the molecule is COC(=O)C1=C[C@H](N=[N+]=[N-])[C@@H](NC(=O)C(C)C)[C@H]([C@H](OC(C)=O)C(COC(C)=O)OC(C)=O)O1. The number of hydrogen-bond donors (Lipinski definition) is 1. The molecule has 0 saturated carbocycles. The van der Waals surface area contributed by atoms with Crippen LogP contribution in [-0.4, -0.2) is 73.9 Å². The van der Waals surface area contributed by atoms with Gasteiger partial charge >= 0.3 is 23.9 Å². The minimum absolute atomic E-state index is 0.397. The van der Waals surface area contributed by atoms with Gasteiger partial charge in [-0.1, -0.05) is 19.0 Å². The normalized spacial score (nSPS) is 20.9. The predicted octanol–water partition coefficient (Wildman–Crippen LogP) is 0.688. The highest BCUT2D eigenvalue weighted by Gasteiger charge is 2.48. The van der Waals surface area contributed by atoms with Crippen LogP contribution in [0.4, 0.5) is 0 Å². The second-order valence-electron chi connectivity index (χ2n) is 7.51. The van der Waals surface area contributed by atoms with Crippen LogP contribution in [0.25, 0.3) is 10.4 Å². The summed E-state index contributed by atoms with van der Waals surface area (Å²) < 4.78 is 25.9. The molecule has 1 heterocycles. The maximum Gasteiger partial charge on any atom is 0.372 e. The number of nitrogens with zero attached hydrogens (tertiary/aromatic N) is 3. The Kier molecular flexibility index (Phi) is 10.8. The zero-order valence-electron chi connectivity index (χ0n) is 19.7. The van der Waals surface area contributed by atoms with Gasteiger partial charge in [-0.25, -0.2) is 4.79 Å². The molecule has 34 heavy (non-hydrogen) atoms. The number of carbonyl (C=O) groups excluding carboxylic acids is 5. The van der Waals surface area contributed by atoms with E-state index >= 15 is 0 Å². The van der Waals surface area contributed by atoms with Crippen molar-refractivity contribution in [2.24, 2.45) is 11.0 Å². The molecule has 1 aliphatic rings. The first kappa shape index (κ1) is 28.2. The molecule has 1 unspecified atom stereocenters. The number of methoxy groups -OCH3 is 1. The van der Waals surface area contributed by atoms with Crippen LogP contribution in [0.15, 0.2) is 16.9 Å². The number of esters is 4. The van der Waals surface area contributed by atoms with Crippen molar-refractivity contribution in [1.29, 1.82) is 0 Å². The zero-order valence-corrected chi connectivity index (χ0v) is 19.7. The van der Waals surface area contributed by atoms with Gasteiger partial charge in [-0.3, -0.25) is 19.2 Å². The first-order valence-corrected chi connectivity index (χ1v) is 10.2. The minimum Gasteiger partial charge on any atom is -0.477 e. The Balaban J connectivity index is 3.64. The summed E-state index contributed by atoms with van der Waals surface area (Å²) in [4.78, 5) is 62.5. The van der Waals surface area contributed by atoms with E-state index in [2.05, 4.69) is 20.1 Å². The van der Waals surface area contributed by atoms with Gasteiger partial charge in [0.25, 0.3) is 0 Å². The molecule has 1 N–H and O–H groups in total. The number of hydrogen-bond acceptors (Lipinski definition) is 11. The summed E-state index contributed by atoms with van der Waals surface area (Å²) in [7, 11) is 1.09. The van der Waals surface area contributed by atoms with E-state index in [1.807, 2.05) is 0 Å². The Morgan fingerprint density at radius 2 is 1.74 bits per heavy atom. The van der Waals surface area contributed by atoms with E-state index in [4.69, 9.17) is 24.5 Å². The maximum absolute atomic E-state index is 12.5. The van der Waals surface area contributed by atoms with Crippen molar-refractivity contribution in [2.75, 3.05) is 13.7 Å². The molecule has 0 fully saturated rings. The van der Waals surface area contributed by atoms with Crippen LogP contribution in [0.5, 0.6) is 0 Å². The molecule has 0 saturated heterocycles. The number of carbonyl (C=O) groups is 5. The summed E-state index contributed by atoms with van der Waals surface area (Å²) >= 11 is 0. The molecule has 188 valence electrons. The quantitative estimate of drug-likeness (QED) is 0.152. The summed E-state index contributed by atoms with van der Waals surface area (Å²) in [5, 5.41) is 6.26. The van der Waals surface area contributed by atoms with Gasteiger partial charge in [0.15, 0.2) is 18.3 Å². The van der Waals surface area contributed by atoms with Gasteiger partial charge in [0.05, 0.1) is 19.2 Å². The number of amides is 1. The van der Waals surface area contributed by atoms with E-state index in [9.17, 15) is 24.0 Å². The van der Waals surface area contributed by atoms with Crippen molar-refractivity contribution in [1.82, 2.24) is 5.32 Å². The average molecular weight is 484 g/mol. The first-order valence-electron chi connectivity index (χ1n) is 10.2. The molecule has 0 aromatic heterocycles. The Morgan fingerprint density at radius 3 is 2.21 bits per heavy atom. The number of nitrogens with one attached hydrogen (secondary N) is 1.